The second-order valence-electron chi connectivity index (χ2n) is 5.93. The van der Waals surface area contributed by atoms with E-state index in [-0.39, 0.29) is 18.3 Å². The summed E-state index contributed by atoms with van der Waals surface area (Å²) >= 11 is 5.82. The van der Waals surface area contributed by atoms with Gasteiger partial charge in [-0.1, -0.05) is 17.7 Å². The predicted molar refractivity (Wildman–Crippen MR) is 109 cm³/mol. The highest BCUT2D eigenvalue weighted by atomic mass is 35.5. The number of hydrogen-bond donors (Lipinski definition) is 1. The minimum atomic E-state index is -0.245. The third-order valence-corrected chi connectivity index (χ3v) is 4.23. The van der Waals surface area contributed by atoms with Crippen molar-refractivity contribution in [3.63, 3.8) is 0 Å². The molecule has 6 heteroatoms. The van der Waals surface area contributed by atoms with E-state index in [2.05, 4.69) is 5.32 Å². The van der Waals surface area contributed by atoms with Gasteiger partial charge in [-0.05, 0) is 66.7 Å². The lowest BCUT2D eigenvalue weighted by molar-refractivity contribution is 0.0921. The second-order valence-corrected chi connectivity index (χ2v) is 6.37. The molecule has 0 aliphatic heterocycles. The number of anilines is 1. The molecule has 3 rings (SSSR count). The van der Waals surface area contributed by atoms with Crippen molar-refractivity contribution in [1.82, 2.24) is 0 Å². The SMILES string of the molecule is COc1cccc(C(=O)Nc2ccc(OCC(=O)c3ccc(Cl)cc3)cc2)c1. The Morgan fingerprint density at radius 2 is 1.61 bits per heavy atom. The van der Waals surface area contributed by atoms with Gasteiger partial charge in [-0.3, -0.25) is 9.59 Å². The molecule has 0 aliphatic carbocycles. The van der Waals surface area contributed by atoms with E-state index in [9.17, 15) is 9.59 Å². The molecular formula is C22H18ClNO4. The molecule has 5 nitrogen and oxygen atoms in total. The molecule has 0 atom stereocenters. The van der Waals surface area contributed by atoms with Crippen LogP contribution in [0.4, 0.5) is 5.69 Å². The van der Waals surface area contributed by atoms with Crippen LogP contribution in [0.15, 0.2) is 72.8 Å². The number of carbonyl (C=O) groups is 2. The molecule has 0 saturated heterocycles. The number of carbonyl (C=O) groups excluding carboxylic acids is 2. The third kappa shape index (κ3) is 5.11. The molecule has 0 spiro atoms. The van der Waals surface area contributed by atoms with Crippen molar-refractivity contribution in [2.45, 2.75) is 0 Å². The summed E-state index contributed by atoms with van der Waals surface area (Å²) in [5.41, 5.74) is 1.64. The van der Waals surface area contributed by atoms with Crippen LogP contribution in [0.25, 0.3) is 0 Å². The number of methoxy groups -OCH3 is 1. The minimum absolute atomic E-state index is 0.0862. The van der Waals surface area contributed by atoms with Crippen LogP contribution >= 0.6 is 11.6 Å². The number of ether oxygens (including phenoxy) is 2. The largest absolute Gasteiger partial charge is 0.497 e. The minimum Gasteiger partial charge on any atom is -0.497 e. The number of ketones is 1. The van der Waals surface area contributed by atoms with Crippen LogP contribution in [0, 0.1) is 0 Å². The fraction of sp³-hybridized carbons (Fsp3) is 0.0909. The van der Waals surface area contributed by atoms with Gasteiger partial charge in [-0.25, -0.2) is 0 Å². The molecule has 3 aromatic carbocycles. The number of halogens is 1. The zero-order chi connectivity index (χ0) is 19.9. The maximum atomic E-state index is 12.3. The fourth-order valence-corrected chi connectivity index (χ4v) is 2.60. The lowest BCUT2D eigenvalue weighted by atomic mass is 10.1. The Morgan fingerprint density at radius 1 is 0.893 bits per heavy atom. The fourth-order valence-electron chi connectivity index (χ4n) is 2.47. The smallest absolute Gasteiger partial charge is 0.255 e. The summed E-state index contributed by atoms with van der Waals surface area (Å²) in [7, 11) is 1.55. The molecule has 28 heavy (non-hydrogen) atoms. The van der Waals surface area contributed by atoms with Gasteiger partial charge >= 0.3 is 0 Å². The highest BCUT2D eigenvalue weighted by molar-refractivity contribution is 6.30. The molecule has 1 N–H and O–H groups in total. The number of hydrogen-bond acceptors (Lipinski definition) is 4. The summed E-state index contributed by atoms with van der Waals surface area (Å²) in [6.45, 7) is -0.0862. The number of Topliss-reactive ketones (excluding diaryl/α,β-unsaturated/α-hetero) is 1. The van der Waals surface area contributed by atoms with Crippen molar-refractivity contribution < 1.29 is 19.1 Å². The van der Waals surface area contributed by atoms with Crippen molar-refractivity contribution in [3.05, 3.63) is 88.9 Å². The summed E-state index contributed by atoms with van der Waals surface area (Å²) in [6.07, 6.45) is 0. The van der Waals surface area contributed by atoms with Gasteiger partial charge in [0.1, 0.15) is 11.5 Å². The maximum Gasteiger partial charge on any atom is 0.255 e. The molecule has 3 aromatic rings. The average Bonchev–Trinajstić information content (AvgIpc) is 2.73. The summed E-state index contributed by atoms with van der Waals surface area (Å²) in [6, 6.07) is 20.3. The molecule has 142 valence electrons. The molecule has 0 fully saturated rings. The van der Waals surface area contributed by atoms with Gasteiger partial charge in [0.2, 0.25) is 0 Å². The van der Waals surface area contributed by atoms with E-state index >= 15 is 0 Å². The Morgan fingerprint density at radius 3 is 2.29 bits per heavy atom. The van der Waals surface area contributed by atoms with E-state index < -0.39 is 0 Å². The lowest BCUT2D eigenvalue weighted by Gasteiger charge is -2.09. The predicted octanol–water partition coefficient (Wildman–Crippen LogP) is 4.86. The van der Waals surface area contributed by atoms with Crippen LogP contribution in [0.1, 0.15) is 20.7 Å². The van der Waals surface area contributed by atoms with E-state index in [0.717, 1.165) is 0 Å². The van der Waals surface area contributed by atoms with E-state index in [4.69, 9.17) is 21.1 Å². The van der Waals surface area contributed by atoms with Gasteiger partial charge in [0, 0.05) is 21.8 Å². The van der Waals surface area contributed by atoms with Crippen LogP contribution < -0.4 is 14.8 Å². The van der Waals surface area contributed by atoms with Gasteiger partial charge < -0.3 is 14.8 Å². The van der Waals surface area contributed by atoms with Gasteiger partial charge in [-0.15, -0.1) is 0 Å². The highest BCUT2D eigenvalue weighted by Crippen LogP contribution is 2.19. The standard InChI is InChI=1S/C22H18ClNO4/c1-27-20-4-2-3-16(13-20)22(26)24-18-9-11-19(12-10-18)28-14-21(25)15-5-7-17(23)8-6-15/h2-13H,14H2,1H3,(H,24,26). The van der Waals surface area contributed by atoms with Gasteiger partial charge in [-0.2, -0.15) is 0 Å². The quantitative estimate of drug-likeness (QED) is 0.580. The molecule has 0 aromatic heterocycles. The number of amides is 1. The van der Waals surface area contributed by atoms with Gasteiger partial charge in [0.15, 0.2) is 12.4 Å². The van der Waals surface area contributed by atoms with E-state index in [1.54, 1.807) is 79.9 Å². The van der Waals surface area contributed by atoms with E-state index in [1.807, 2.05) is 0 Å². The normalized spacial score (nSPS) is 10.2. The van der Waals surface area contributed by atoms with Gasteiger partial charge in [0.05, 0.1) is 7.11 Å². The maximum absolute atomic E-state index is 12.3. The number of benzene rings is 3. The first-order valence-corrected chi connectivity index (χ1v) is 8.90. The zero-order valence-corrected chi connectivity index (χ0v) is 15.9. The molecule has 0 unspecified atom stereocenters. The Labute approximate surface area is 167 Å². The van der Waals surface area contributed by atoms with E-state index in [1.165, 1.54) is 0 Å². The number of rotatable bonds is 7. The lowest BCUT2D eigenvalue weighted by Crippen LogP contribution is -2.12. The van der Waals surface area contributed by atoms with Crippen LogP contribution in [-0.4, -0.2) is 25.4 Å². The third-order valence-electron chi connectivity index (χ3n) is 3.98. The van der Waals surface area contributed by atoms with Crippen molar-refractivity contribution in [2.24, 2.45) is 0 Å². The molecule has 0 radical (unpaired) electrons. The summed E-state index contributed by atoms with van der Waals surface area (Å²) < 4.78 is 10.6. The first-order chi connectivity index (χ1) is 13.5. The van der Waals surface area contributed by atoms with Crippen LogP contribution in [0.3, 0.4) is 0 Å². The van der Waals surface area contributed by atoms with Crippen molar-refractivity contribution >= 4 is 29.0 Å². The van der Waals surface area contributed by atoms with Crippen LogP contribution in [0.2, 0.25) is 5.02 Å². The van der Waals surface area contributed by atoms with Crippen LogP contribution in [0.5, 0.6) is 11.5 Å². The zero-order valence-electron chi connectivity index (χ0n) is 15.1. The summed E-state index contributed by atoms with van der Waals surface area (Å²) in [5.74, 6) is 0.751. The van der Waals surface area contributed by atoms with Crippen LogP contribution in [-0.2, 0) is 0 Å². The molecular weight excluding hydrogens is 378 g/mol. The molecule has 0 aliphatic rings. The van der Waals surface area contributed by atoms with Crippen molar-refractivity contribution in [3.8, 4) is 11.5 Å². The summed E-state index contributed by atoms with van der Waals surface area (Å²) in [5, 5.41) is 3.38. The molecule has 1 amide bonds. The average molecular weight is 396 g/mol. The first kappa shape index (κ1) is 19.5. The molecule has 0 saturated carbocycles. The Bertz CT molecular complexity index is 969. The molecule has 0 heterocycles. The Balaban J connectivity index is 1.56. The first-order valence-electron chi connectivity index (χ1n) is 8.52. The monoisotopic (exact) mass is 395 g/mol. The number of nitrogens with one attached hydrogen (secondary N) is 1. The summed E-state index contributed by atoms with van der Waals surface area (Å²) in [4.78, 5) is 24.4. The Hall–Kier alpha value is -3.31. The highest BCUT2D eigenvalue weighted by Gasteiger charge is 2.09. The van der Waals surface area contributed by atoms with E-state index in [0.29, 0.717) is 33.3 Å². The van der Waals surface area contributed by atoms with Gasteiger partial charge in [0.25, 0.3) is 5.91 Å². The molecule has 0 bridgehead atoms. The second kappa shape index (κ2) is 9.06. The Kier molecular flexibility index (Phi) is 6.29. The topological polar surface area (TPSA) is 64.6 Å². The van der Waals surface area contributed by atoms with Crippen molar-refractivity contribution in [2.75, 3.05) is 19.0 Å². The van der Waals surface area contributed by atoms with Crippen molar-refractivity contribution in [1.29, 1.82) is 0 Å².